The van der Waals surface area contributed by atoms with Crippen LogP contribution in [0.25, 0.3) is 5.69 Å². The number of halogens is 2. The Labute approximate surface area is 184 Å². The van der Waals surface area contributed by atoms with Gasteiger partial charge in [0.05, 0.1) is 11.3 Å². The average molecular weight is 436 g/mol. The van der Waals surface area contributed by atoms with E-state index in [-0.39, 0.29) is 5.56 Å². The largest absolute Gasteiger partial charge is 0.295 e. The highest BCUT2D eigenvalue weighted by Crippen LogP contribution is 2.27. The number of rotatable bonds is 5. The van der Waals surface area contributed by atoms with Crippen LogP contribution in [0.1, 0.15) is 28.4 Å². The van der Waals surface area contributed by atoms with Crippen LogP contribution >= 0.6 is 23.2 Å². The van der Waals surface area contributed by atoms with Gasteiger partial charge >= 0.3 is 0 Å². The van der Waals surface area contributed by atoms with E-state index in [2.05, 4.69) is 5.10 Å². The predicted molar refractivity (Wildman–Crippen MR) is 123 cm³/mol. The van der Waals surface area contributed by atoms with Gasteiger partial charge in [-0.2, -0.15) is 0 Å². The van der Waals surface area contributed by atoms with Crippen molar-refractivity contribution in [1.82, 2.24) is 9.78 Å². The number of hydrogen-bond donors (Lipinski definition) is 1. The van der Waals surface area contributed by atoms with Gasteiger partial charge in [-0.3, -0.25) is 14.9 Å². The molecule has 150 valence electrons. The molecule has 4 aromatic rings. The van der Waals surface area contributed by atoms with Crippen molar-refractivity contribution in [2.24, 2.45) is 4.99 Å². The second-order valence-corrected chi connectivity index (χ2v) is 7.78. The van der Waals surface area contributed by atoms with E-state index in [9.17, 15) is 4.79 Å². The molecule has 0 aliphatic heterocycles. The Balaban J connectivity index is 1.82. The van der Waals surface area contributed by atoms with Crippen LogP contribution in [0.2, 0.25) is 10.0 Å². The Kier molecular flexibility index (Phi) is 5.88. The molecule has 4 nitrogen and oxygen atoms in total. The van der Waals surface area contributed by atoms with Crippen LogP contribution in [0, 0.1) is 6.92 Å². The van der Waals surface area contributed by atoms with Crippen molar-refractivity contribution in [2.45, 2.75) is 13.0 Å². The van der Waals surface area contributed by atoms with Gasteiger partial charge in [0.2, 0.25) is 0 Å². The molecule has 0 radical (unpaired) electrons. The summed E-state index contributed by atoms with van der Waals surface area (Å²) in [6.45, 7) is 1.89. The van der Waals surface area contributed by atoms with E-state index < -0.39 is 6.04 Å². The molecule has 0 spiro atoms. The third-order valence-corrected chi connectivity index (χ3v) is 5.34. The topological polar surface area (TPSA) is 50.1 Å². The molecule has 1 N–H and O–H groups in total. The Hall–Kier alpha value is -3.08. The maximum absolute atomic E-state index is 13.3. The third-order valence-electron chi connectivity index (χ3n) is 4.83. The van der Waals surface area contributed by atoms with Crippen LogP contribution in [0.15, 0.2) is 88.6 Å². The molecular weight excluding hydrogens is 417 g/mol. The zero-order valence-corrected chi connectivity index (χ0v) is 17.7. The molecule has 1 heterocycles. The van der Waals surface area contributed by atoms with E-state index >= 15 is 0 Å². The van der Waals surface area contributed by atoms with Crippen LogP contribution in [-0.2, 0) is 0 Å². The number of aromatic amines is 1. The van der Waals surface area contributed by atoms with Crippen LogP contribution in [0.4, 0.5) is 0 Å². The highest BCUT2D eigenvalue weighted by molar-refractivity contribution is 6.30. The minimum atomic E-state index is -0.480. The maximum Gasteiger partial charge on any atom is 0.277 e. The molecule has 0 bridgehead atoms. The second kappa shape index (κ2) is 8.74. The molecule has 0 saturated heterocycles. The van der Waals surface area contributed by atoms with Crippen LogP contribution in [0.5, 0.6) is 0 Å². The van der Waals surface area contributed by atoms with E-state index in [0.717, 1.165) is 22.5 Å². The number of H-pyrrole nitrogens is 1. The number of nitrogens with zero attached hydrogens (tertiary/aromatic N) is 2. The van der Waals surface area contributed by atoms with Crippen molar-refractivity contribution in [2.75, 3.05) is 0 Å². The number of aliphatic imine (C=N–C) groups is 1. The number of benzene rings is 3. The molecule has 0 aliphatic rings. The lowest BCUT2D eigenvalue weighted by molar-refractivity contribution is 0.828. The van der Waals surface area contributed by atoms with Gasteiger partial charge in [0.1, 0.15) is 6.04 Å². The van der Waals surface area contributed by atoms with Gasteiger partial charge in [-0.05, 0) is 54.4 Å². The van der Waals surface area contributed by atoms with Gasteiger partial charge in [-0.25, -0.2) is 4.68 Å². The zero-order chi connectivity index (χ0) is 21.1. The minimum Gasteiger partial charge on any atom is -0.295 e. The summed E-state index contributed by atoms with van der Waals surface area (Å²) in [6, 6.07) is 23.8. The lowest BCUT2D eigenvalue weighted by Crippen LogP contribution is -2.19. The van der Waals surface area contributed by atoms with Crippen molar-refractivity contribution in [3.8, 4) is 5.69 Å². The Morgan fingerprint density at radius 3 is 2.13 bits per heavy atom. The lowest BCUT2D eigenvalue weighted by atomic mass is 9.99. The first-order valence-corrected chi connectivity index (χ1v) is 10.2. The van der Waals surface area contributed by atoms with E-state index in [1.165, 1.54) is 0 Å². The Morgan fingerprint density at radius 1 is 0.900 bits per heavy atom. The molecule has 6 heteroatoms. The van der Waals surface area contributed by atoms with Gasteiger partial charge < -0.3 is 0 Å². The monoisotopic (exact) mass is 435 g/mol. The normalized spacial score (nSPS) is 12.4. The molecule has 0 saturated carbocycles. The Bertz CT molecular complexity index is 1220. The highest BCUT2D eigenvalue weighted by Gasteiger charge is 2.22. The van der Waals surface area contributed by atoms with Crippen LogP contribution < -0.4 is 5.56 Å². The first-order chi connectivity index (χ1) is 14.5. The number of nitrogens with one attached hydrogen (secondary N) is 1. The third kappa shape index (κ3) is 4.25. The molecule has 0 fully saturated rings. The van der Waals surface area contributed by atoms with Gasteiger partial charge in [-0.1, -0.05) is 65.7 Å². The van der Waals surface area contributed by atoms with Crippen LogP contribution in [0.3, 0.4) is 0 Å². The number of para-hydroxylation sites is 1. The SMILES string of the molecule is Cc1[nH]n(-c2ccccc2)c(=O)c1C(N=Cc1ccc(Cl)cc1)c1ccc(Cl)cc1. The van der Waals surface area contributed by atoms with Gasteiger partial charge in [-0.15, -0.1) is 0 Å². The summed E-state index contributed by atoms with van der Waals surface area (Å²) >= 11 is 12.1. The predicted octanol–water partition coefficient (Wildman–Crippen LogP) is 5.99. The summed E-state index contributed by atoms with van der Waals surface area (Å²) in [5.41, 5.74) is 3.77. The molecule has 3 aromatic carbocycles. The zero-order valence-electron chi connectivity index (χ0n) is 16.2. The van der Waals surface area contributed by atoms with Crippen molar-refractivity contribution in [1.29, 1.82) is 0 Å². The van der Waals surface area contributed by atoms with Crippen molar-refractivity contribution < 1.29 is 0 Å². The molecule has 1 unspecified atom stereocenters. The quantitative estimate of drug-likeness (QED) is 0.384. The minimum absolute atomic E-state index is 0.132. The summed E-state index contributed by atoms with van der Waals surface area (Å²) in [6.07, 6.45) is 1.76. The molecule has 0 aliphatic carbocycles. The fraction of sp³-hybridized carbons (Fsp3) is 0.0833. The standard InChI is InChI=1S/C24H19Cl2N3O/c1-16-22(24(30)29(28-16)21-5-3-2-4-6-21)23(18-9-13-20(26)14-10-18)27-15-17-7-11-19(25)12-8-17/h2-15,23,28H,1H3. The fourth-order valence-corrected chi connectivity index (χ4v) is 3.57. The molecule has 1 aromatic heterocycles. The van der Waals surface area contributed by atoms with Crippen molar-refractivity contribution in [3.05, 3.63) is 122 Å². The summed E-state index contributed by atoms with van der Waals surface area (Å²) < 4.78 is 1.55. The van der Waals surface area contributed by atoms with Crippen molar-refractivity contribution >= 4 is 29.4 Å². The van der Waals surface area contributed by atoms with E-state index in [0.29, 0.717) is 15.6 Å². The van der Waals surface area contributed by atoms with E-state index in [4.69, 9.17) is 28.2 Å². The number of hydrogen-bond acceptors (Lipinski definition) is 2. The van der Waals surface area contributed by atoms with E-state index in [1.54, 1.807) is 23.0 Å². The molecular formula is C24H19Cl2N3O. The van der Waals surface area contributed by atoms with Crippen molar-refractivity contribution in [3.63, 3.8) is 0 Å². The van der Waals surface area contributed by atoms with Gasteiger partial charge in [0.25, 0.3) is 5.56 Å². The smallest absolute Gasteiger partial charge is 0.277 e. The highest BCUT2D eigenvalue weighted by atomic mass is 35.5. The molecule has 30 heavy (non-hydrogen) atoms. The summed E-state index contributed by atoms with van der Waals surface area (Å²) in [5.74, 6) is 0. The first-order valence-electron chi connectivity index (χ1n) is 9.44. The van der Waals surface area contributed by atoms with Gasteiger partial charge in [0, 0.05) is 22.0 Å². The van der Waals surface area contributed by atoms with E-state index in [1.807, 2.05) is 73.7 Å². The molecule has 0 amide bonds. The Morgan fingerprint density at radius 2 is 1.50 bits per heavy atom. The summed E-state index contributed by atoms with van der Waals surface area (Å²) in [5, 5.41) is 4.48. The first kappa shape index (κ1) is 20.2. The number of aromatic nitrogens is 2. The number of aryl methyl sites for hydroxylation is 1. The average Bonchev–Trinajstić information content (AvgIpc) is 3.06. The molecule has 4 rings (SSSR count). The summed E-state index contributed by atoms with van der Waals surface area (Å²) in [7, 11) is 0. The lowest BCUT2D eigenvalue weighted by Gasteiger charge is -2.12. The summed E-state index contributed by atoms with van der Waals surface area (Å²) in [4.78, 5) is 18.1. The molecule has 1 atom stereocenters. The van der Waals surface area contributed by atoms with Gasteiger partial charge in [0.15, 0.2) is 0 Å². The maximum atomic E-state index is 13.3. The fourth-order valence-electron chi connectivity index (χ4n) is 3.32. The second-order valence-electron chi connectivity index (χ2n) is 6.91. The van der Waals surface area contributed by atoms with Crippen LogP contribution in [-0.4, -0.2) is 16.0 Å².